The quantitative estimate of drug-likeness (QED) is 0.127. The van der Waals surface area contributed by atoms with Crippen molar-refractivity contribution in [3.8, 4) is 34.5 Å². The second-order valence-corrected chi connectivity index (χ2v) is 11.1. The highest BCUT2D eigenvalue weighted by molar-refractivity contribution is 5.83. The Hall–Kier alpha value is -6.12. The molecule has 15 nitrogen and oxygen atoms in total. The van der Waals surface area contributed by atoms with Gasteiger partial charge in [0.15, 0.2) is 19.8 Å². The summed E-state index contributed by atoms with van der Waals surface area (Å²) in [4.78, 5) is 74.2. The zero-order chi connectivity index (χ0) is 36.8. The molecule has 0 saturated heterocycles. The van der Waals surface area contributed by atoms with Gasteiger partial charge in [-0.1, -0.05) is 0 Å². The molecular formula is C36H36O15. The number of ether oxygens (including phenoxy) is 9. The van der Waals surface area contributed by atoms with Crippen molar-refractivity contribution in [3.05, 3.63) is 72.8 Å². The summed E-state index contributed by atoms with van der Waals surface area (Å²) in [6, 6.07) is 17.9. The zero-order valence-corrected chi connectivity index (χ0v) is 28.0. The molecular weight excluding hydrogens is 672 g/mol. The second kappa shape index (κ2) is 18.6. The molecule has 15 heteroatoms. The van der Waals surface area contributed by atoms with Gasteiger partial charge in [-0.05, 0) is 92.1 Å². The average Bonchev–Trinajstić information content (AvgIpc) is 3.16. The summed E-state index contributed by atoms with van der Waals surface area (Å²) >= 11 is 0. The number of methoxy groups -OCH3 is 3. The molecule has 3 aromatic rings. The van der Waals surface area contributed by atoms with Crippen molar-refractivity contribution >= 4 is 35.8 Å². The lowest BCUT2D eigenvalue weighted by molar-refractivity contribution is -0.151. The topological polar surface area (TPSA) is 185 Å². The SMILES string of the molecule is COC(=O)COc1ccc(OC(=O)C2CC(C(=O)Oc3ccc(OCC(=O)OC)cc3)CC(C(=O)Oc3ccc(OCC(=O)OC)cc3)C2)cc1. The number of hydrogen-bond donors (Lipinski definition) is 0. The molecule has 1 aliphatic carbocycles. The van der Waals surface area contributed by atoms with E-state index in [4.69, 9.17) is 28.4 Å². The smallest absolute Gasteiger partial charge is 0.343 e. The van der Waals surface area contributed by atoms with E-state index in [1.165, 1.54) is 94.1 Å². The Labute approximate surface area is 292 Å². The lowest BCUT2D eigenvalue weighted by atomic mass is 9.75. The summed E-state index contributed by atoms with van der Waals surface area (Å²) in [5.74, 6) is -4.79. The van der Waals surface area contributed by atoms with Gasteiger partial charge >= 0.3 is 35.8 Å². The number of esters is 6. The third kappa shape index (κ3) is 11.8. The van der Waals surface area contributed by atoms with Crippen LogP contribution in [0.5, 0.6) is 34.5 Å². The van der Waals surface area contributed by atoms with Crippen LogP contribution in [0.4, 0.5) is 0 Å². The number of carbonyl (C=O) groups excluding carboxylic acids is 6. The van der Waals surface area contributed by atoms with E-state index in [1.807, 2.05) is 0 Å². The van der Waals surface area contributed by atoms with Crippen molar-refractivity contribution in [1.82, 2.24) is 0 Å². The Morgan fingerprint density at radius 3 is 0.843 bits per heavy atom. The number of benzene rings is 3. The van der Waals surface area contributed by atoms with Crippen LogP contribution in [0.1, 0.15) is 19.3 Å². The molecule has 0 unspecified atom stereocenters. The maximum atomic E-state index is 13.4. The van der Waals surface area contributed by atoms with Crippen LogP contribution in [0.2, 0.25) is 0 Å². The summed E-state index contributed by atoms with van der Waals surface area (Å²) in [7, 11) is 3.71. The molecule has 0 N–H and O–H groups in total. The van der Waals surface area contributed by atoms with Gasteiger partial charge in [0.05, 0.1) is 39.1 Å². The molecule has 3 aromatic carbocycles. The van der Waals surface area contributed by atoms with Crippen molar-refractivity contribution in [3.63, 3.8) is 0 Å². The van der Waals surface area contributed by atoms with Gasteiger partial charge in [0.2, 0.25) is 0 Å². The normalized spacial score (nSPS) is 16.4. The molecule has 1 saturated carbocycles. The number of rotatable bonds is 15. The molecule has 0 atom stereocenters. The second-order valence-electron chi connectivity index (χ2n) is 11.1. The highest BCUT2D eigenvalue weighted by Gasteiger charge is 2.41. The average molecular weight is 709 g/mol. The molecule has 0 radical (unpaired) electrons. The molecule has 0 bridgehead atoms. The van der Waals surface area contributed by atoms with Crippen molar-refractivity contribution < 1.29 is 71.4 Å². The van der Waals surface area contributed by atoms with Crippen molar-refractivity contribution in [2.24, 2.45) is 17.8 Å². The van der Waals surface area contributed by atoms with Gasteiger partial charge in [-0.2, -0.15) is 0 Å². The Balaban J connectivity index is 1.44. The minimum atomic E-state index is -0.882. The van der Waals surface area contributed by atoms with Gasteiger partial charge in [0.1, 0.15) is 34.5 Å². The monoisotopic (exact) mass is 708 g/mol. The summed E-state index contributed by atoms with van der Waals surface area (Å²) in [5, 5.41) is 0. The summed E-state index contributed by atoms with van der Waals surface area (Å²) in [6.07, 6.45) is 0.108. The first kappa shape index (κ1) is 37.7. The molecule has 0 aromatic heterocycles. The van der Waals surface area contributed by atoms with Crippen LogP contribution in [0, 0.1) is 17.8 Å². The molecule has 0 heterocycles. The fraction of sp³-hybridized carbons (Fsp3) is 0.333. The Morgan fingerprint density at radius 1 is 0.412 bits per heavy atom. The van der Waals surface area contributed by atoms with Crippen molar-refractivity contribution in [2.75, 3.05) is 41.2 Å². The van der Waals surface area contributed by atoms with E-state index in [0.29, 0.717) is 17.2 Å². The van der Waals surface area contributed by atoms with E-state index < -0.39 is 53.6 Å². The first-order valence-corrected chi connectivity index (χ1v) is 15.6. The third-order valence-corrected chi connectivity index (χ3v) is 7.59. The molecule has 0 spiro atoms. The number of hydrogen-bond acceptors (Lipinski definition) is 15. The van der Waals surface area contributed by atoms with Crippen LogP contribution in [0.25, 0.3) is 0 Å². The first-order chi connectivity index (χ1) is 24.6. The Morgan fingerprint density at radius 2 is 0.627 bits per heavy atom. The van der Waals surface area contributed by atoms with Gasteiger partial charge < -0.3 is 42.6 Å². The maximum Gasteiger partial charge on any atom is 0.343 e. The Kier molecular flexibility index (Phi) is 13.7. The maximum absolute atomic E-state index is 13.4. The zero-order valence-electron chi connectivity index (χ0n) is 28.0. The fourth-order valence-corrected chi connectivity index (χ4v) is 4.91. The fourth-order valence-electron chi connectivity index (χ4n) is 4.91. The van der Waals surface area contributed by atoms with E-state index in [1.54, 1.807) is 0 Å². The van der Waals surface area contributed by atoms with E-state index in [-0.39, 0.29) is 56.3 Å². The molecule has 4 rings (SSSR count). The number of carbonyl (C=O) groups is 6. The van der Waals surface area contributed by atoms with Gasteiger partial charge in [-0.15, -0.1) is 0 Å². The molecule has 1 aliphatic rings. The lowest BCUT2D eigenvalue weighted by Gasteiger charge is -2.31. The van der Waals surface area contributed by atoms with Gasteiger partial charge in [0.25, 0.3) is 0 Å². The summed E-state index contributed by atoms with van der Waals surface area (Å²) < 4.78 is 46.3. The van der Waals surface area contributed by atoms with Crippen LogP contribution >= 0.6 is 0 Å². The van der Waals surface area contributed by atoms with Crippen LogP contribution < -0.4 is 28.4 Å². The van der Waals surface area contributed by atoms with Crippen molar-refractivity contribution in [1.29, 1.82) is 0 Å². The predicted molar refractivity (Wildman–Crippen MR) is 173 cm³/mol. The van der Waals surface area contributed by atoms with E-state index in [9.17, 15) is 28.8 Å². The standard InChI is InChI=1S/C36H36O15/c1-43-31(37)19-46-25-4-10-28(11-5-25)49-34(40)22-16-23(35(41)50-29-12-6-26(7-13-29)47-20-32(38)44-2)18-24(17-22)36(42)51-30-14-8-27(9-15-30)48-21-33(39)45-3/h4-15,22-24H,16-21H2,1-3H3. The highest BCUT2D eigenvalue weighted by atomic mass is 16.6. The van der Waals surface area contributed by atoms with Crippen LogP contribution in [0.15, 0.2) is 72.8 Å². The molecule has 0 aliphatic heterocycles. The Bertz CT molecular complexity index is 1460. The lowest BCUT2D eigenvalue weighted by Crippen LogP contribution is -2.39. The van der Waals surface area contributed by atoms with Crippen molar-refractivity contribution in [2.45, 2.75) is 19.3 Å². The molecule has 1 fully saturated rings. The highest BCUT2D eigenvalue weighted by Crippen LogP contribution is 2.37. The van der Waals surface area contributed by atoms with E-state index in [0.717, 1.165) is 0 Å². The van der Waals surface area contributed by atoms with E-state index in [2.05, 4.69) is 14.2 Å². The summed E-state index contributed by atoms with van der Waals surface area (Å²) in [5.41, 5.74) is 0. The first-order valence-electron chi connectivity index (χ1n) is 15.6. The van der Waals surface area contributed by atoms with Gasteiger partial charge in [0, 0.05) is 0 Å². The van der Waals surface area contributed by atoms with Gasteiger partial charge in [-0.3, -0.25) is 14.4 Å². The minimum Gasteiger partial charge on any atom is -0.482 e. The van der Waals surface area contributed by atoms with Crippen LogP contribution in [-0.4, -0.2) is 77.0 Å². The molecule has 270 valence electrons. The molecule has 51 heavy (non-hydrogen) atoms. The summed E-state index contributed by atoms with van der Waals surface area (Å²) in [6.45, 7) is -0.895. The van der Waals surface area contributed by atoms with Crippen LogP contribution in [-0.2, 0) is 43.0 Å². The van der Waals surface area contributed by atoms with Gasteiger partial charge in [-0.25, -0.2) is 14.4 Å². The van der Waals surface area contributed by atoms with Crippen LogP contribution in [0.3, 0.4) is 0 Å². The third-order valence-electron chi connectivity index (χ3n) is 7.59. The predicted octanol–water partition coefficient (Wildman–Crippen LogP) is 3.49. The van der Waals surface area contributed by atoms with E-state index >= 15 is 0 Å². The minimum absolute atomic E-state index is 0.0360. The largest absolute Gasteiger partial charge is 0.482 e. The molecule has 0 amide bonds.